The third-order valence-corrected chi connectivity index (χ3v) is 5.67. The lowest BCUT2D eigenvalue weighted by Crippen LogP contribution is -3.15. The van der Waals surface area contributed by atoms with Crippen molar-refractivity contribution < 1.29 is 19.3 Å². The monoisotopic (exact) mass is 395 g/mol. The number of piperazine rings is 1. The lowest BCUT2D eigenvalue weighted by Gasteiger charge is -2.33. The summed E-state index contributed by atoms with van der Waals surface area (Å²) in [4.78, 5) is 16.6. The molecule has 152 valence electrons. The maximum atomic E-state index is 13.0. The highest BCUT2D eigenvalue weighted by molar-refractivity contribution is 5.98. The smallest absolute Gasteiger partial charge is 0.218 e. The van der Waals surface area contributed by atoms with Gasteiger partial charge in [-0.25, -0.2) is 0 Å². The van der Waals surface area contributed by atoms with Crippen molar-refractivity contribution in [3.05, 3.63) is 59.1 Å². The number of carbonyl (C=O) groups is 1. The second-order valence-electron chi connectivity index (χ2n) is 7.77. The number of ketones is 1. The number of aryl methyl sites for hydroxylation is 2. The number of phenols is 1. The third kappa shape index (κ3) is 3.91. The summed E-state index contributed by atoms with van der Waals surface area (Å²) in [5.41, 5.74) is 3.76. The zero-order chi connectivity index (χ0) is 20.5. The molecule has 0 amide bonds. The molecule has 0 bridgehead atoms. The fraction of sp³-hybridized carbons (Fsp3) is 0.364. The number of phenolic OH excluding ortho intramolecular Hbond substituents is 1. The summed E-state index contributed by atoms with van der Waals surface area (Å²) in [6.07, 6.45) is 0. The molecule has 2 N–H and O–H groups in total. The highest BCUT2D eigenvalue weighted by atomic mass is 16.5. The normalized spacial score (nSPS) is 15.1. The standard InChI is InChI=1S/C22H26N4O3/c1-15-12-20(17(3)26(15)22-13-16(2)29-23-22)21(28)14-24-8-10-25(11-9-24)18-4-6-19(27)7-5-18/h4-7,12-13,27H,8-11,14H2,1-3H3/p+1. The molecule has 7 nitrogen and oxygen atoms in total. The molecular weight excluding hydrogens is 368 g/mol. The lowest BCUT2D eigenvalue weighted by atomic mass is 10.1. The first-order valence-corrected chi connectivity index (χ1v) is 9.96. The van der Waals surface area contributed by atoms with Crippen LogP contribution in [0.1, 0.15) is 27.5 Å². The van der Waals surface area contributed by atoms with Gasteiger partial charge in [0.05, 0.1) is 26.2 Å². The molecule has 3 aromatic rings. The molecule has 1 aromatic carbocycles. The molecule has 29 heavy (non-hydrogen) atoms. The summed E-state index contributed by atoms with van der Waals surface area (Å²) in [5, 5.41) is 13.5. The second-order valence-corrected chi connectivity index (χ2v) is 7.77. The zero-order valence-electron chi connectivity index (χ0n) is 17.1. The van der Waals surface area contributed by atoms with Gasteiger partial charge >= 0.3 is 0 Å². The van der Waals surface area contributed by atoms with E-state index in [0.717, 1.165) is 54.6 Å². The summed E-state index contributed by atoms with van der Waals surface area (Å²) < 4.78 is 7.17. The predicted octanol–water partition coefficient (Wildman–Crippen LogP) is 1.68. The predicted molar refractivity (Wildman–Crippen MR) is 110 cm³/mol. The quantitative estimate of drug-likeness (QED) is 0.643. The number of nitrogens with zero attached hydrogens (tertiary/aromatic N) is 3. The fourth-order valence-corrected chi connectivity index (χ4v) is 4.10. The number of carbonyl (C=O) groups excluding carboxylic acids is 1. The number of Topliss-reactive ketones (excluding diaryl/α,β-unsaturated/α-hetero) is 1. The van der Waals surface area contributed by atoms with Gasteiger partial charge in [0.25, 0.3) is 0 Å². The van der Waals surface area contributed by atoms with Gasteiger partial charge in [-0.2, -0.15) is 0 Å². The van der Waals surface area contributed by atoms with Crippen molar-refractivity contribution >= 4 is 11.5 Å². The average Bonchev–Trinajstić information content (AvgIpc) is 3.25. The first-order valence-electron chi connectivity index (χ1n) is 9.96. The van der Waals surface area contributed by atoms with Crippen LogP contribution in [0.2, 0.25) is 0 Å². The van der Waals surface area contributed by atoms with Gasteiger partial charge in [-0.1, -0.05) is 5.16 Å². The molecule has 1 fully saturated rings. The first kappa shape index (κ1) is 19.3. The number of hydrogen-bond acceptors (Lipinski definition) is 5. The Labute approximate surface area is 170 Å². The van der Waals surface area contributed by atoms with Crippen LogP contribution in [0, 0.1) is 20.8 Å². The van der Waals surface area contributed by atoms with Gasteiger partial charge in [0.15, 0.2) is 5.82 Å². The Balaban J connectivity index is 1.41. The van der Waals surface area contributed by atoms with Crippen LogP contribution in [0.25, 0.3) is 5.82 Å². The van der Waals surface area contributed by atoms with Crippen LogP contribution in [0.4, 0.5) is 5.69 Å². The number of hydrogen-bond donors (Lipinski definition) is 2. The largest absolute Gasteiger partial charge is 0.508 e. The maximum Gasteiger partial charge on any atom is 0.218 e. The molecule has 0 unspecified atom stereocenters. The van der Waals surface area contributed by atoms with Crippen molar-refractivity contribution in [1.82, 2.24) is 9.72 Å². The van der Waals surface area contributed by atoms with Crippen molar-refractivity contribution in [2.75, 3.05) is 37.6 Å². The van der Waals surface area contributed by atoms with Crippen LogP contribution < -0.4 is 9.80 Å². The van der Waals surface area contributed by atoms with Crippen molar-refractivity contribution in [1.29, 1.82) is 0 Å². The summed E-state index contributed by atoms with van der Waals surface area (Å²) in [5.74, 6) is 1.90. The molecule has 0 aliphatic carbocycles. The second kappa shape index (κ2) is 7.75. The lowest BCUT2D eigenvalue weighted by molar-refractivity contribution is -0.892. The molecule has 2 aromatic heterocycles. The van der Waals surface area contributed by atoms with Crippen molar-refractivity contribution in [3.8, 4) is 11.6 Å². The summed E-state index contributed by atoms with van der Waals surface area (Å²) in [6.45, 7) is 9.90. The van der Waals surface area contributed by atoms with Gasteiger partial charge in [-0.15, -0.1) is 0 Å². The highest BCUT2D eigenvalue weighted by Crippen LogP contribution is 2.21. The van der Waals surface area contributed by atoms with Crippen LogP contribution in [-0.2, 0) is 0 Å². The summed E-state index contributed by atoms with van der Waals surface area (Å²) >= 11 is 0. The SMILES string of the molecule is Cc1cc(-n2c(C)cc(C(=O)C[NH+]3CCN(c4ccc(O)cc4)CC3)c2C)no1. The van der Waals surface area contributed by atoms with Crippen LogP contribution in [0.5, 0.6) is 5.75 Å². The van der Waals surface area contributed by atoms with E-state index >= 15 is 0 Å². The van der Waals surface area contributed by atoms with E-state index < -0.39 is 0 Å². The minimum atomic E-state index is 0.164. The van der Waals surface area contributed by atoms with Crippen molar-refractivity contribution in [3.63, 3.8) is 0 Å². The van der Waals surface area contributed by atoms with E-state index in [1.165, 1.54) is 4.90 Å². The number of nitrogens with one attached hydrogen (secondary N) is 1. The van der Waals surface area contributed by atoms with Crippen molar-refractivity contribution in [2.24, 2.45) is 0 Å². The molecule has 1 aliphatic heterocycles. The Kier molecular flexibility index (Phi) is 5.15. The Bertz CT molecular complexity index is 1010. The summed E-state index contributed by atoms with van der Waals surface area (Å²) in [6, 6.07) is 11.1. The first-order chi connectivity index (χ1) is 13.9. The molecule has 4 rings (SSSR count). The van der Waals surface area contributed by atoms with Gasteiger partial charge in [0.2, 0.25) is 5.78 Å². The molecule has 0 spiro atoms. The van der Waals surface area contributed by atoms with Gasteiger partial charge in [0, 0.05) is 28.7 Å². The Morgan fingerprint density at radius 3 is 2.45 bits per heavy atom. The molecule has 1 saturated heterocycles. The third-order valence-electron chi connectivity index (χ3n) is 5.67. The molecule has 0 saturated carbocycles. The van der Waals surface area contributed by atoms with E-state index in [-0.39, 0.29) is 11.5 Å². The maximum absolute atomic E-state index is 13.0. The Hall–Kier alpha value is -3.06. The summed E-state index contributed by atoms with van der Waals surface area (Å²) in [7, 11) is 0. The van der Waals surface area contributed by atoms with Crippen molar-refractivity contribution in [2.45, 2.75) is 20.8 Å². The number of rotatable bonds is 5. The minimum Gasteiger partial charge on any atom is -0.508 e. The molecule has 1 aliphatic rings. The minimum absolute atomic E-state index is 0.164. The van der Waals surface area contributed by atoms with Gasteiger partial charge in [-0.3, -0.25) is 9.36 Å². The number of aromatic hydroxyl groups is 1. The Morgan fingerprint density at radius 1 is 1.14 bits per heavy atom. The molecule has 0 radical (unpaired) electrons. The fourth-order valence-electron chi connectivity index (χ4n) is 4.10. The van der Waals surface area contributed by atoms with E-state index in [1.807, 2.05) is 49.6 Å². The number of quaternary nitrogens is 1. The number of aromatic nitrogens is 2. The van der Waals surface area contributed by atoms with Gasteiger partial charge < -0.3 is 19.4 Å². The highest BCUT2D eigenvalue weighted by Gasteiger charge is 2.25. The zero-order valence-corrected chi connectivity index (χ0v) is 17.1. The number of anilines is 1. The van der Waals surface area contributed by atoms with Crippen LogP contribution in [0.15, 0.2) is 40.9 Å². The number of benzene rings is 1. The molecule has 0 atom stereocenters. The van der Waals surface area contributed by atoms with Crippen LogP contribution in [-0.4, -0.2) is 53.3 Å². The van der Waals surface area contributed by atoms with Crippen LogP contribution >= 0.6 is 0 Å². The average molecular weight is 395 g/mol. The Morgan fingerprint density at radius 2 is 1.83 bits per heavy atom. The molecule has 7 heteroatoms. The van der Waals surface area contributed by atoms with Gasteiger partial charge in [0.1, 0.15) is 18.1 Å². The molecular formula is C22H27N4O3+. The van der Waals surface area contributed by atoms with E-state index in [9.17, 15) is 9.90 Å². The topological polar surface area (TPSA) is 75.9 Å². The van der Waals surface area contributed by atoms with E-state index in [0.29, 0.717) is 12.4 Å². The van der Waals surface area contributed by atoms with E-state index in [1.54, 1.807) is 12.1 Å². The molecule has 3 heterocycles. The van der Waals surface area contributed by atoms with Gasteiger partial charge in [-0.05, 0) is 51.1 Å². The van der Waals surface area contributed by atoms with Crippen LogP contribution in [0.3, 0.4) is 0 Å². The van der Waals surface area contributed by atoms with E-state index in [2.05, 4.69) is 10.1 Å². The van der Waals surface area contributed by atoms with E-state index in [4.69, 9.17) is 4.52 Å².